The Balaban J connectivity index is 2.17. The summed E-state index contributed by atoms with van der Waals surface area (Å²) in [6.07, 6.45) is 3.44. The van der Waals surface area contributed by atoms with E-state index in [0.717, 1.165) is 10.0 Å². The lowest BCUT2D eigenvalue weighted by Gasteiger charge is -2.12. The lowest BCUT2D eigenvalue weighted by molar-refractivity contribution is 0.560. The van der Waals surface area contributed by atoms with Crippen LogP contribution in [0.3, 0.4) is 0 Å². The third-order valence-corrected chi connectivity index (χ3v) is 5.48. The van der Waals surface area contributed by atoms with Crippen LogP contribution in [0.5, 0.6) is 0 Å². The minimum absolute atomic E-state index is 0.248. The van der Waals surface area contributed by atoms with Crippen LogP contribution in [0, 0.1) is 6.92 Å². The first-order valence-electron chi connectivity index (χ1n) is 6.40. The quantitative estimate of drug-likeness (QED) is 0.801. The van der Waals surface area contributed by atoms with Gasteiger partial charge in [-0.1, -0.05) is 15.9 Å². The number of halogens is 1. The van der Waals surface area contributed by atoms with Gasteiger partial charge >= 0.3 is 0 Å². The summed E-state index contributed by atoms with van der Waals surface area (Å²) < 4.78 is 29.8. The highest BCUT2D eigenvalue weighted by Crippen LogP contribution is 2.25. The zero-order valence-corrected chi connectivity index (χ0v) is 14.0. The fourth-order valence-corrected chi connectivity index (χ4v) is 3.88. The van der Waals surface area contributed by atoms with E-state index in [-0.39, 0.29) is 18.0 Å². The van der Waals surface area contributed by atoms with Gasteiger partial charge in [0.25, 0.3) is 0 Å². The van der Waals surface area contributed by atoms with Crippen molar-refractivity contribution < 1.29 is 8.42 Å². The molecular weight excluding hydrogens is 356 g/mol. The van der Waals surface area contributed by atoms with E-state index < -0.39 is 10.0 Å². The Bertz CT molecular complexity index is 714. The van der Waals surface area contributed by atoms with Gasteiger partial charge in [-0.15, -0.1) is 0 Å². The number of sulfonamides is 1. The summed E-state index contributed by atoms with van der Waals surface area (Å²) in [5, 5.41) is 4.03. The molecule has 1 heterocycles. The molecule has 0 amide bonds. The molecule has 0 saturated heterocycles. The number of benzene rings is 1. The molecule has 0 unspecified atom stereocenters. The van der Waals surface area contributed by atoms with Gasteiger partial charge in [-0.25, -0.2) is 13.1 Å². The first-order valence-corrected chi connectivity index (χ1v) is 8.68. The van der Waals surface area contributed by atoms with Gasteiger partial charge in [0, 0.05) is 30.0 Å². The Labute approximate surface area is 132 Å². The van der Waals surface area contributed by atoms with Crippen molar-refractivity contribution in [3.05, 3.63) is 46.2 Å². The number of nitrogens with one attached hydrogen (secondary N) is 1. The lowest BCUT2D eigenvalue weighted by Crippen LogP contribution is -2.28. The zero-order chi connectivity index (χ0) is 15.5. The Morgan fingerprint density at radius 1 is 1.43 bits per heavy atom. The summed E-state index contributed by atoms with van der Waals surface area (Å²) in [4.78, 5) is 0.248. The average molecular weight is 373 g/mol. The van der Waals surface area contributed by atoms with E-state index in [9.17, 15) is 8.42 Å². The van der Waals surface area contributed by atoms with Crippen LogP contribution in [0.2, 0.25) is 0 Å². The van der Waals surface area contributed by atoms with Crippen LogP contribution in [0.4, 0.5) is 0 Å². The Kier molecular flexibility index (Phi) is 5.15. The molecule has 0 radical (unpaired) electrons. The molecule has 0 fully saturated rings. The number of hydrogen-bond donors (Lipinski definition) is 2. The summed E-state index contributed by atoms with van der Waals surface area (Å²) in [7, 11) is -3.58. The largest absolute Gasteiger partial charge is 0.326 e. The molecule has 1 aromatic carbocycles. The summed E-state index contributed by atoms with van der Waals surface area (Å²) in [5.41, 5.74) is 7.03. The van der Waals surface area contributed by atoms with Crippen molar-refractivity contribution in [2.24, 2.45) is 5.73 Å². The van der Waals surface area contributed by atoms with Gasteiger partial charge in [0.15, 0.2) is 0 Å². The van der Waals surface area contributed by atoms with Crippen LogP contribution < -0.4 is 10.5 Å². The summed E-state index contributed by atoms with van der Waals surface area (Å²) >= 11 is 3.37. The molecule has 0 aliphatic carbocycles. The normalized spacial score (nSPS) is 11.8. The standard InChI is InChI=1S/C13H17BrN4O2S/c1-10-12(14)7-11(9-15)8-13(10)21(19,20)17-4-6-18-5-2-3-16-18/h2-3,5,7-8,17H,4,6,9,15H2,1H3. The van der Waals surface area contributed by atoms with E-state index in [0.29, 0.717) is 12.1 Å². The van der Waals surface area contributed by atoms with Gasteiger partial charge in [-0.2, -0.15) is 5.10 Å². The SMILES string of the molecule is Cc1c(Br)cc(CN)cc1S(=O)(=O)NCCn1cccn1. The van der Waals surface area contributed by atoms with Crippen molar-refractivity contribution in [2.75, 3.05) is 6.54 Å². The van der Waals surface area contributed by atoms with Gasteiger partial charge in [0.05, 0.1) is 11.4 Å². The highest BCUT2D eigenvalue weighted by Gasteiger charge is 2.18. The summed E-state index contributed by atoms with van der Waals surface area (Å²) in [6, 6.07) is 5.23. The predicted molar refractivity (Wildman–Crippen MR) is 84.2 cm³/mol. The minimum atomic E-state index is -3.58. The average Bonchev–Trinajstić information content (AvgIpc) is 2.94. The van der Waals surface area contributed by atoms with Crippen LogP contribution in [0.1, 0.15) is 11.1 Å². The van der Waals surface area contributed by atoms with Gasteiger partial charge in [-0.05, 0) is 36.2 Å². The Hall–Kier alpha value is -1.22. The van der Waals surface area contributed by atoms with Gasteiger partial charge in [0.2, 0.25) is 10.0 Å². The first-order chi connectivity index (χ1) is 9.94. The van der Waals surface area contributed by atoms with Crippen LogP contribution in [-0.4, -0.2) is 24.7 Å². The number of aromatic nitrogens is 2. The van der Waals surface area contributed by atoms with Crippen molar-refractivity contribution in [2.45, 2.75) is 24.9 Å². The molecule has 0 bridgehead atoms. The number of nitrogens with two attached hydrogens (primary N) is 1. The van der Waals surface area contributed by atoms with Crippen molar-refractivity contribution in [3.63, 3.8) is 0 Å². The maximum Gasteiger partial charge on any atom is 0.240 e. The second kappa shape index (κ2) is 6.69. The highest BCUT2D eigenvalue weighted by atomic mass is 79.9. The van der Waals surface area contributed by atoms with Crippen LogP contribution in [0.25, 0.3) is 0 Å². The molecule has 21 heavy (non-hydrogen) atoms. The number of rotatable bonds is 6. The zero-order valence-electron chi connectivity index (χ0n) is 11.6. The maximum absolute atomic E-state index is 12.4. The topological polar surface area (TPSA) is 90.0 Å². The molecule has 6 nitrogen and oxygen atoms in total. The van der Waals surface area contributed by atoms with E-state index in [1.807, 2.05) is 6.07 Å². The van der Waals surface area contributed by atoms with Gasteiger partial charge < -0.3 is 5.73 Å². The maximum atomic E-state index is 12.4. The Morgan fingerprint density at radius 2 is 2.19 bits per heavy atom. The minimum Gasteiger partial charge on any atom is -0.326 e. The molecule has 8 heteroatoms. The molecule has 2 aromatic rings. The molecule has 1 aromatic heterocycles. The lowest BCUT2D eigenvalue weighted by atomic mass is 10.1. The van der Waals surface area contributed by atoms with Crippen molar-refractivity contribution in [1.82, 2.24) is 14.5 Å². The van der Waals surface area contributed by atoms with E-state index in [4.69, 9.17) is 5.73 Å². The summed E-state index contributed by atoms with van der Waals surface area (Å²) in [6.45, 7) is 2.79. The van der Waals surface area contributed by atoms with E-state index in [2.05, 4.69) is 25.8 Å². The molecule has 0 spiro atoms. The first kappa shape index (κ1) is 16.2. The monoisotopic (exact) mass is 372 g/mol. The molecule has 0 aliphatic rings. The second-order valence-electron chi connectivity index (χ2n) is 4.57. The summed E-state index contributed by atoms with van der Waals surface area (Å²) in [5.74, 6) is 0. The second-order valence-corrected chi connectivity index (χ2v) is 7.16. The Morgan fingerprint density at radius 3 is 2.81 bits per heavy atom. The van der Waals surface area contributed by atoms with Crippen molar-refractivity contribution in [3.8, 4) is 0 Å². The molecular formula is C13H17BrN4O2S. The third kappa shape index (κ3) is 3.91. The number of hydrogen-bond acceptors (Lipinski definition) is 4. The molecule has 0 aliphatic heterocycles. The smallest absolute Gasteiger partial charge is 0.240 e. The van der Waals surface area contributed by atoms with Crippen LogP contribution in [-0.2, 0) is 23.1 Å². The van der Waals surface area contributed by atoms with E-state index in [1.165, 1.54) is 0 Å². The fourth-order valence-electron chi connectivity index (χ4n) is 1.91. The van der Waals surface area contributed by atoms with E-state index >= 15 is 0 Å². The van der Waals surface area contributed by atoms with E-state index in [1.54, 1.807) is 36.1 Å². The molecule has 0 atom stereocenters. The highest BCUT2D eigenvalue weighted by molar-refractivity contribution is 9.10. The predicted octanol–water partition coefficient (Wildman–Crippen LogP) is 1.39. The van der Waals surface area contributed by atoms with Crippen LogP contribution >= 0.6 is 15.9 Å². The molecule has 0 saturated carbocycles. The molecule has 3 N–H and O–H groups in total. The van der Waals surface area contributed by atoms with Gasteiger partial charge in [0.1, 0.15) is 0 Å². The molecule has 114 valence electrons. The third-order valence-electron chi connectivity index (χ3n) is 3.07. The van der Waals surface area contributed by atoms with Crippen molar-refractivity contribution in [1.29, 1.82) is 0 Å². The fraction of sp³-hybridized carbons (Fsp3) is 0.308. The van der Waals surface area contributed by atoms with Gasteiger partial charge in [-0.3, -0.25) is 4.68 Å². The number of nitrogens with zero attached hydrogens (tertiary/aromatic N) is 2. The van der Waals surface area contributed by atoms with Crippen LogP contribution in [0.15, 0.2) is 40.0 Å². The van der Waals surface area contributed by atoms with Crippen molar-refractivity contribution >= 4 is 26.0 Å². The molecule has 2 rings (SSSR count).